The Morgan fingerprint density at radius 1 is 1.38 bits per heavy atom. The fraction of sp³-hybridized carbons (Fsp3) is 0.333. The largest absolute Gasteiger partial charge is 0.462 e. The Bertz CT molecular complexity index is 793. The number of hydrogen-bond acceptors (Lipinski definition) is 6. The summed E-state index contributed by atoms with van der Waals surface area (Å²) >= 11 is 8.79. The fourth-order valence-electron chi connectivity index (χ4n) is 2.66. The number of esters is 1. The first-order valence-electron chi connectivity index (χ1n) is 7.73. The number of thioether (sulfide) groups is 2. The number of nitrogens with one attached hydrogen (secondary N) is 1. The molecule has 0 atom stereocenters. The summed E-state index contributed by atoms with van der Waals surface area (Å²) in [5.41, 5.74) is 4.11. The summed E-state index contributed by atoms with van der Waals surface area (Å²) in [6.45, 7) is 8.44. The Kier molecular flexibility index (Phi) is 4.82. The zero-order valence-electron chi connectivity index (χ0n) is 14.1. The van der Waals surface area contributed by atoms with Crippen LogP contribution in [-0.4, -0.2) is 23.0 Å². The lowest BCUT2D eigenvalue weighted by atomic mass is 9.85. The van der Waals surface area contributed by atoms with Crippen LogP contribution in [0.3, 0.4) is 0 Å². The maximum Gasteiger partial charge on any atom is 0.345 e. The van der Waals surface area contributed by atoms with Crippen LogP contribution in [0.15, 0.2) is 32.7 Å². The minimum atomic E-state index is -0.312. The van der Waals surface area contributed by atoms with Gasteiger partial charge in [-0.2, -0.15) is 0 Å². The molecule has 1 aromatic carbocycles. The molecule has 0 amide bonds. The van der Waals surface area contributed by atoms with Crippen molar-refractivity contribution in [2.24, 2.45) is 0 Å². The van der Waals surface area contributed by atoms with Crippen LogP contribution in [0.1, 0.15) is 31.9 Å². The number of benzene rings is 1. The number of rotatable bonds is 2. The number of hydrogen-bond donors (Lipinski definition) is 1. The predicted molar refractivity (Wildman–Crippen MR) is 108 cm³/mol. The van der Waals surface area contributed by atoms with Gasteiger partial charge in [-0.3, -0.25) is 0 Å². The van der Waals surface area contributed by atoms with Gasteiger partial charge >= 0.3 is 5.97 Å². The molecular weight excluding hydrogens is 358 g/mol. The van der Waals surface area contributed by atoms with E-state index in [2.05, 4.69) is 44.3 Å². The van der Waals surface area contributed by atoms with E-state index in [-0.39, 0.29) is 11.5 Å². The summed E-state index contributed by atoms with van der Waals surface area (Å²) in [6, 6.07) is 6.34. The highest BCUT2D eigenvalue weighted by Gasteiger charge is 2.36. The van der Waals surface area contributed by atoms with E-state index in [1.807, 2.05) is 12.3 Å². The second-order valence-electron chi connectivity index (χ2n) is 6.21. The highest BCUT2D eigenvalue weighted by Crippen LogP contribution is 2.51. The topological polar surface area (TPSA) is 38.3 Å². The second kappa shape index (κ2) is 6.58. The Hall–Kier alpha value is -1.24. The van der Waals surface area contributed by atoms with E-state index in [1.165, 1.54) is 17.3 Å². The summed E-state index contributed by atoms with van der Waals surface area (Å²) in [7, 11) is 0. The van der Waals surface area contributed by atoms with Crippen molar-refractivity contribution in [1.29, 1.82) is 0 Å². The molecule has 24 heavy (non-hydrogen) atoms. The van der Waals surface area contributed by atoms with E-state index in [0.29, 0.717) is 11.5 Å². The standard InChI is InChI=1S/C18H19NO2S3/c1-5-21-16(20)13-9-23-17(24-13)14-11-8-10(2)6-7-12(11)19-18(3,4)15(14)22/h6-9,19H,5H2,1-4H3. The van der Waals surface area contributed by atoms with E-state index in [0.717, 1.165) is 25.9 Å². The van der Waals surface area contributed by atoms with Crippen LogP contribution in [0, 0.1) is 6.92 Å². The molecule has 0 saturated heterocycles. The third kappa shape index (κ3) is 3.15. The molecule has 0 saturated carbocycles. The zero-order valence-corrected chi connectivity index (χ0v) is 16.5. The van der Waals surface area contributed by atoms with Gasteiger partial charge in [0.15, 0.2) is 0 Å². The third-order valence-corrected chi connectivity index (χ3v) is 6.91. The normalized spacial score (nSPS) is 21.8. The number of ether oxygens (including phenoxy) is 1. The van der Waals surface area contributed by atoms with Gasteiger partial charge in [-0.15, -0.1) is 0 Å². The third-order valence-electron chi connectivity index (χ3n) is 3.84. The average Bonchev–Trinajstić information content (AvgIpc) is 2.99. The van der Waals surface area contributed by atoms with Crippen LogP contribution < -0.4 is 5.32 Å². The second-order valence-corrected chi connectivity index (χ2v) is 8.81. The van der Waals surface area contributed by atoms with Crippen LogP contribution in [-0.2, 0) is 9.53 Å². The number of thiocarbonyl (C=S) groups is 1. The molecule has 0 bridgehead atoms. The maximum absolute atomic E-state index is 12.0. The van der Waals surface area contributed by atoms with Crippen LogP contribution >= 0.6 is 35.7 Å². The van der Waals surface area contributed by atoms with Crippen LogP contribution in [0.4, 0.5) is 5.69 Å². The Morgan fingerprint density at radius 2 is 2.12 bits per heavy atom. The van der Waals surface area contributed by atoms with E-state index >= 15 is 0 Å². The highest BCUT2D eigenvalue weighted by atomic mass is 32.2. The van der Waals surface area contributed by atoms with Gasteiger partial charge in [0.2, 0.25) is 0 Å². The molecule has 1 N–H and O–H groups in total. The Balaban J connectivity index is 2.06. The summed E-state index contributed by atoms with van der Waals surface area (Å²) in [4.78, 5) is 13.5. The van der Waals surface area contributed by atoms with E-state index in [9.17, 15) is 4.79 Å². The Morgan fingerprint density at radius 3 is 2.83 bits per heavy atom. The molecule has 0 spiro atoms. The van der Waals surface area contributed by atoms with Gasteiger partial charge in [0.25, 0.3) is 0 Å². The first-order chi connectivity index (χ1) is 11.3. The van der Waals surface area contributed by atoms with Crippen LogP contribution in [0.2, 0.25) is 0 Å². The molecule has 3 rings (SSSR count). The molecule has 2 aliphatic rings. The van der Waals surface area contributed by atoms with Crippen molar-refractivity contribution < 1.29 is 9.53 Å². The van der Waals surface area contributed by atoms with Crippen molar-refractivity contribution in [2.75, 3.05) is 11.9 Å². The quantitative estimate of drug-likeness (QED) is 0.438. The van der Waals surface area contributed by atoms with Crippen molar-refractivity contribution in [3.8, 4) is 0 Å². The molecular formula is C18H19NO2S3. The van der Waals surface area contributed by atoms with E-state index in [4.69, 9.17) is 17.0 Å². The van der Waals surface area contributed by atoms with Crippen LogP contribution in [0.25, 0.3) is 5.57 Å². The van der Waals surface area contributed by atoms with Crippen molar-refractivity contribution in [3.63, 3.8) is 0 Å². The molecule has 0 fully saturated rings. The van der Waals surface area contributed by atoms with Gasteiger partial charge < -0.3 is 10.1 Å². The van der Waals surface area contributed by atoms with Crippen molar-refractivity contribution >= 4 is 57.8 Å². The predicted octanol–water partition coefficient (Wildman–Crippen LogP) is 5.12. The van der Waals surface area contributed by atoms with Crippen molar-refractivity contribution in [3.05, 3.63) is 43.9 Å². The minimum Gasteiger partial charge on any atom is -0.462 e. The number of carbonyl (C=O) groups is 1. The molecule has 3 nitrogen and oxygen atoms in total. The van der Waals surface area contributed by atoms with Gasteiger partial charge in [-0.05, 0) is 45.2 Å². The highest BCUT2D eigenvalue weighted by molar-refractivity contribution is 8.28. The fourth-order valence-corrected chi connectivity index (χ4v) is 5.29. The van der Waals surface area contributed by atoms with Crippen molar-refractivity contribution in [1.82, 2.24) is 0 Å². The summed E-state index contributed by atoms with van der Waals surface area (Å²) in [6.07, 6.45) is 0. The SMILES string of the molecule is CCOC(=O)C1=CSC(=C2C(=S)C(C)(C)Nc3ccc(C)cc32)S1. The van der Waals surface area contributed by atoms with Gasteiger partial charge in [0.1, 0.15) is 4.91 Å². The average molecular weight is 378 g/mol. The first-order valence-corrected chi connectivity index (χ1v) is 9.84. The number of fused-ring (bicyclic) bond motifs is 1. The molecule has 0 aliphatic carbocycles. The number of anilines is 1. The molecule has 2 aliphatic heterocycles. The smallest absolute Gasteiger partial charge is 0.345 e. The maximum atomic E-state index is 12.0. The lowest BCUT2D eigenvalue weighted by Crippen LogP contribution is -2.43. The number of carbonyl (C=O) groups excluding carboxylic acids is 1. The van der Waals surface area contributed by atoms with E-state index < -0.39 is 0 Å². The number of aryl methyl sites for hydroxylation is 1. The summed E-state index contributed by atoms with van der Waals surface area (Å²) < 4.78 is 6.15. The summed E-state index contributed by atoms with van der Waals surface area (Å²) in [5.74, 6) is -0.269. The van der Waals surface area contributed by atoms with Gasteiger partial charge in [-0.1, -0.05) is 47.4 Å². The minimum absolute atomic E-state index is 0.269. The van der Waals surface area contributed by atoms with Gasteiger partial charge in [0, 0.05) is 21.7 Å². The molecule has 0 radical (unpaired) electrons. The monoisotopic (exact) mass is 377 g/mol. The van der Waals surface area contributed by atoms with Crippen LogP contribution in [0.5, 0.6) is 0 Å². The molecule has 0 aromatic heterocycles. The molecule has 126 valence electrons. The first kappa shape index (κ1) is 17.6. The molecule has 2 heterocycles. The molecule has 0 unspecified atom stereocenters. The molecule has 6 heteroatoms. The van der Waals surface area contributed by atoms with Crippen molar-refractivity contribution in [2.45, 2.75) is 33.2 Å². The summed E-state index contributed by atoms with van der Waals surface area (Å²) in [5, 5.41) is 5.38. The van der Waals surface area contributed by atoms with Gasteiger partial charge in [-0.25, -0.2) is 4.79 Å². The lowest BCUT2D eigenvalue weighted by Gasteiger charge is -2.37. The lowest BCUT2D eigenvalue weighted by molar-refractivity contribution is -0.137. The zero-order chi connectivity index (χ0) is 17.5. The van der Waals surface area contributed by atoms with Gasteiger partial charge in [0.05, 0.1) is 16.4 Å². The molecule has 1 aromatic rings. The Labute approximate surface area is 156 Å². The van der Waals surface area contributed by atoms with E-state index in [1.54, 1.807) is 11.8 Å².